The van der Waals surface area contributed by atoms with Gasteiger partial charge in [-0.3, -0.25) is 13.7 Å². The Morgan fingerprint density at radius 3 is 1.67 bits per heavy atom. The molecule has 0 saturated heterocycles. The van der Waals surface area contributed by atoms with Gasteiger partial charge in [0.1, 0.15) is 0 Å². The normalized spacial score (nSPS) is 11.3. The summed E-state index contributed by atoms with van der Waals surface area (Å²) in [5.74, 6) is 0. The van der Waals surface area contributed by atoms with Crippen LogP contribution in [0.3, 0.4) is 0 Å². The first-order valence-corrected chi connectivity index (χ1v) is 6.74. The molecule has 0 saturated carbocycles. The van der Waals surface area contributed by atoms with Crippen molar-refractivity contribution >= 4 is 26.6 Å². The van der Waals surface area contributed by atoms with E-state index < -0.39 is 20.5 Å². The third-order valence-corrected chi connectivity index (χ3v) is 1.59. The average Bonchev–Trinajstić information content (AvgIpc) is 2.13. The van der Waals surface area contributed by atoms with Gasteiger partial charge in [0.2, 0.25) is 10.1 Å². The fourth-order valence-electron chi connectivity index (χ4n) is 0.692. The molecule has 1 aromatic carbocycles. The van der Waals surface area contributed by atoms with Gasteiger partial charge in [-0.25, -0.2) is 14.5 Å². The van der Waals surface area contributed by atoms with Crippen LogP contribution < -0.4 is 0 Å². The van der Waals surface area contributed by atoms with Crippen LogP contribution in [0.1, 0.15) is 5.56 Å². The van der Waals surface area contributed by atoms with Gasteiger partial charge in [-0.2, -0.15) is 14.0 Å². The Labute approximate surface area is 115 Å². The van der Waals surface area contributed by atoms with Crippen molar-refractivity contribution in [1.82, 2.24) is 0 Å². The second kappa shape index (κ2) is 8.37. The van der Waals surface area contributed by atoms with Crippen LogP contribution in [0, 0.1) is 5.41 Å². The van der Waals surface area contributed by atoms with Crippen LogP contribution >= 0.6 is 0 Å². The topological polar surface area (TPSA) is 129 Å². The number of rotatable bonds is 2. The molecule has 105 valence electrons. The van der Waals surface area contributed by atoms with Crippen molar-refractivity contribution < 1.29 is 47.3 Å². The largest absolute Gasteiger partial charge is 0.394 e. The summed E-state index contributed by atoms with van der Waals surface area (Å²) in [6.45, 7) is 0. The maximum Gasteiger partial charge on any atom is 0.394 e. The Morgan fingerprint density at radius 2 is 1.33 bits per heavy atom. The number of hydrogen-bond donors (Lipinski definition) is 3. The van der Waals surface area contributed by atoms with Gasteiger partial charge in [-0.1, -0.05) is 18.2 Å². The minimum absolute atomic E-state index is 0. The molecule has 0 aliphatic heterocycles. The summed E-state index contributed by atoms with van der Waals surface area (Å²) in [6, 6.07) is 8.75. The molecule has 18 heavy (non-hydrogen) atoms. The van der Waals surface area contributed by atoms with Crippen LogP contribution in [0.5, 0.6) is 0 Å². The van der Waals surface area contributed by atoms with Crippen LogP contribution in [0.15, 0.2) is 30.3 Å². The SMILES string of the molecule is O=S(=O)(O)O.O=S(=O)(O)[C-]=Cc1ccccc1.[Co]. The van der Waals surface area contributed by atoms with E-state index >= 15 is 0 Å². The summed E-state index contributed by atoms with van der Waals surface area (Å²) in [6.07, 6.45) is 1.20. The summed E-state index contributed by atoms with van der Waals surface area (Å²) in [7, 11) is -8.79. The Hall–Kier alpha value is -0.754. The molecule has 0 spiro atoms. The zero-order chi connectivity index (χ0) is 13.5. The quantitative estimate of drug-likeness (QED) is 0.533. The Balaban J connectivity index is 0. The van der Waals surface area contributed by atoms with E-state index in [0.717, 1.165) is 0 Å². The molecule has 0 aromatic heterocycles. The molecule has 0 aliphatic carbocycles. The Kier molecular flexibility index (Phi) is 9.10. The van der Waals surface area contributed by atoms with E-state index in [1.54, 1.807) is 24.3 Å². The van der Waals surface area contributed by atoms with Crippen LogP contribution in [0.2, 0.25) is 0 Å². The summed E-state index contributed by atoms with van der Waals surface area (Å²) in [5.41, 5.74) is 0.676. The first kappa shape index (κ1) is 19.6. The predicted octanol–water partition coefficient (Wildman–Crippen LogP) is 0.693. The van der Waals surface area contributed by atoms with E-state index in [2.05, 4.69) is 0 Å². The summed E-state index contributed by atoms with van der Waals surface area (Å²) in [4.78, 5) is 0. The van der Waals surface area contributed by atoms with Crippen LogP contribution in [-0.4, -0.2) is 30.5 Å². The maximum atomic E-state index is 10.2. The van der Waals surface area contributed by atoms with Crippen molar-refractivity contribution in [3.63, 3.8) is 0 Å². The molecule has 1 radical (unpaired) electrons. The number of hydrogen-bond acceptors (Lipinski definition) is 4. The van der Waals surface area contributed by atoms with Crippen molar-refractivity contribution in [2.24, 2.45) is 0 Å². The maximum absolute atomic E-state index is 10.2. The average molecular weight is 340 g/mol. The molecule has 0 fully saturated rings. The molecule has 1 rings (SSSR count). The van der Waals surface area contributed by atoms with Crippen molar-refractivity contribution in [3.8, 4) is 0 Å². The molecule has 0 bridgehead atoms. The van der Waals surface area contributed by atoms with Gasteiger partial charge in [-0.05, 0) is 0 Å². The van der Waals surface area contributed by atoms with Crippen LogP contribution in [0.25, 0.3) is 6.08 Å². The first-order chi connectivity index (χ1) is 7.58. The van der Waals surface area contributed by atoms with Crippen LogP contribution in [0.4, 0.5) is 0 Å². The number of benzene rings is 1. The van der Waals surface area contributed by atoms with Crippen molar-refractivity contribution in [2.75, 3.05) is 0 Å². The third kappa shape index (κ3) is 17.6. The molecule has 10 heteroatoms. The van der Waals surface area contributed by atoms with E-state index in [1.165, 1.54) is 6.08 Å². The molecular formula is C8H9CoO7S2-. The third-order valence-electron chi connectivity index (χ3n) is 1.17. The Morgan fingerprint density at radius 1 is 0.944 bits per heavy atom. The molecule has 0 aliphatic rings. The van der Waals surface area contributed by atoms with E-state index in [-0.39, 0.29) is 16.8 Å². The van der Waals surface area contributed by atoms with Crippen molar-refractivity contribution in [1.29, 1.82) is 0 Å². The summed E-state index contributed by atoms with van der Waals surface area (Å²) < 4.78 is 60.3. The monoisotopic (exact) mass is 340 g/mol. The molecule has 0 atom stereocenters. The molecule has 0 unspecified atom stereocenters. The van der Waals surface area contributed by atoms with E-state index in [4.69, 9.17) is 22.1 Å². The molecule has 1 aromatic rings. The zero-order valence-electron chi connectivity index (χ0n) is 8.59. The minimum Gasteiger partial charge on any atom is -0.296 e. The van der Waals surface area contributed by atoms with Gasteiger partial charge in [0, 0.05) is 16.8 Å². The van der Waals surface area contributed by atoms with Gasteiger partial charge in [0.05, 0.1) is 0 Å². The van der Waals surface area contributed by atoms with E-state index in [9.17, 15) is 8.42 Å². The van der Waals surface area contributed by atoms with Gasteiger partial charge >= 0.3 is 10.4 Å². The first-order valence-electron chi connectivity index (χ1n) is 3.91. The van der Waals surface area contributed by atoms with Gasteiger partial charge < -0.3 is 0 Å². The molecular weight excluding hydrogens is 331 g/mol. The fourth-order valence-corrected chi connectivity index (χ4v) is 0.977. The van der Waals surface area contributed by atoms with Gasteiger partial charge in [0.25, 0.3) is 0 Å². The predicted molar refractivity (Wildman–Crippen MR) is 59.9 cm³/mol. The molecule has 3 N–H and O–H groups in total. The fraction of sp³-hybridized carbons (Fsp3) is 0. The molecule has 0 amide bonds. The summed E-state index contributed by atoms with van der Waals surface area (Å²) >= 11 is 0. The van der Waals surface area contributed by atoms with Crippen molar-refractivity contribution in [2.45, 2.75) is 0 Å². The molecule has 0 heterocycles. The second-order valence-electron chi connectivity index (χ2n) is 2.60. The van der Waals surface area contributed by atoms with Crippen LogP contribution in [-0.2, 0) is 37.3 Å². The van der Waals surface area contributed by atoms with E-state index in [1.807, 2.05) is 11.5 Å². The Bertz CT molecular complexity index is 555. The minimum atomic E-state index is -4.67. The second-order valence-corrected chi connectivity index (χ2v) is 4.68. The molecule has 7 nitrogen and oxygen atoms in total. The zero-order valence-corrected chi connectivity index (χ0v) is 11.3. The van der Waals surface area contributed by atoms with Crippen molar-refractivity contribution in [3.05, 3.63) is 41.3 Å². The van der Waals surface area contributed by atoms with E-state index in [0.29, 0.717) is 5.56 Å². The van der Waals surface area contributed by atoms with Gasteiger partial charge in [0.15, 0.2) is 0 Å². The van der Waals surface area contributed by atoms with Gasteiger partial charge in [-0.15, -0.1) is 17.5 Å². The smallest absolute Gasteiger partial charge is 0.296 e. The standard InChI is InChI=1S/C8H7O3S.Co.H2O4S/c9-12(10,11)7-6-8-4-2-1-3-5-8;;1-5(2,3)4/h1-6H,(H,9,10,11);;(H2,1,2,3,4)/q-1;;. The summed E-state index contributed by atoms with van der Waals surface area (Å²) in [5, 5.41) is 1.84.